The van der Waals surface area contributed by atoms with Crippen LogP contribution in [0.2, 0.25) is 0 Å². The molecule has 0 aliphatic heterocycles. The van der Waals surface area contributed by atoms with Gasteiger partial charge in [0.05, 0.1) is 17.6 Å². The predicted molar refractivity (Wildman–Crippen MR) is 135 cm³/mol. The van der Waals surface area contributed by atoms with E-state index >= 15 is 0 Å². The molecular weight excluding hydrogens is 414 g/mol. The summed E-state index contributed by atoms with van der Waals surface area (Å²) in [6.07, 6.45) is 5.08. The number of hydrogen-bond acceptors (Lipinski definition) is 6. The molecule has 4 rings (SSSR count). The van der Waals surface area contributed by atoms with E-state index in [1.54, 1.807) is 22.9 Å². The average Bonchev–Trinajstić information content (AvgIpc) is 3.30. The van der Waals surface area contributed by atoms with Crippen molar-refractivity contribution < 1.29 is 7.38 Å². The van der Waals surface area contributed by atoms with E-state index in [2.05, 4.69) is 34.2 Å². The van der Waals surface area contributed by atoms with Crippen molar-refractivity contribution in [2.75, 3.05) is 7.05 Å². The standard InChI is InChI=1S/C26H27N5O2.2H2/c1-6-19-11-21(15-31(16(2)3)26(19)32)23-14-28-17(4)25(29-23)24-12-22(30-33-24)20-9-7-18(8-10-20)13-27-5;;/h6-12,14-16,27H,1,13H2,2-5H3;2*1H. The Balaban J connectivity index is 0.00000216. The zero-order valence-electron chi connectivity index (χ0n) is 19.3. The molecule has 1 N–H and O–H groups in total. The van der Waals surface area contributed by atoms with E-state index in [0.29, 0.717) is 22.7 Å². The van der Waals surface area contributed by atoms with Crippen LogP contribution in [-0.4, -0.2) is 26.7 Å². The van der Waals surface area contributed by atoms with E-state index in [9.17, 15) is 4.79 Å². The molecule has 0 spiro atoms. The van der Waals surface area contributed by atoms with Gasteiger partial charge < -0.3 is 14.4 Å². The Labute approximate surface area is 195 Å². The van der Waals surface area contributed by atoms with Crippen molar-refractivity contribution in [2.45, 2.75) is 33.4 Å². The highest BCUT2D eigenvalue weighted by Gasteiger charge is 2.16. The van der Waals surface area contributed by atoms with Crippen molar-refractivity contribution in [2.24, 2.45) is 0 Å². The van der Waals surface area contributed by atoms with Gasteiger partial charge in [-0.25, -0.2) is 4.98 Å². The summed E-state index contributed by atoms with van der Waals surface area (Å²) in [4.78, 5) is 21.9. The van der Waals surface area contributed by atoms with Gasteiger partial charge in [-0.05, 0) is 39.4 Å². The number of nitrogens with one attached hydrogen (secondary N) is 1. The highest BCUT2D eigenvalue weighted by molar-refractivity contribution is 5.69. The Morgan fingerprint density at radius 1 is 1.18 bits per heavy atom. The highest BCUT2D eigenvalue weighted by Crippen LogP contribution is 2.28. The molecule has 0 radical (unpaired) electrons. The summed E-state index contributed by atoms with van der Waals surface area (Å²) in [5.74, 6) is 0.539. The van der Waals surface area contributed by atoms with Gasteiger partial charge in [0.15, 0.2) is 5.76 Å². The smallest absolute Gasteiger partial charge is 0.258 e. The molecule has 3 heterocycles. The maximum absolute atomic E-state index is 12.6. The zero-order valence-corrected chi connectivity index (χ0v) is 19.3. The van der Waals surface area contributed by atoms with Crippen molar-refractivity contribution in [3.8, 4) is 34.0 Å². The molecule has 0 atom stereocenters. The number of nitrogens with zero attached hydrogens (tertiary/aromatic N) is 4. The molecule has 0 saturated carbocycles. The molecule has 7 heteroatoms. The summed E-state index contributed by atoms with van der Waals surface area (Å²) in [6.45, 7) is 10.4. The molecule has 1 aromatic carbocycles. The topological polar surface area (TPSA) is 85.8 Å². The lowest BCUT2D eigenvalue weighted by molar-refractivity contribution is 0.433. The van der Waals surface area contributed by atoms with Gasteiger partial charge in [-0.1, -0.05) is 42.1 Å². The van der Waals surface area contributed by atoms with E-state index < -0.39 is 0 Å². The first-order valence-electron chi connectivity index (χ1n) is 10.8. The molecule has 7 nitrogen and oxygen atoms in total. The molecule has 0 unspecified atom stereocenters. The lowest BCUT2D eigenvalue weighted by atomic mass is 10.1. The first-order chi connectivity index (χ1) is 15.9. The largest absolute Gasteiger partial charge is 0.354 e. The molecule has 3 aromatic heterocycles. The minimum absolute atomic E-state index is 0. The summed E-state index contributed by atoms with van der Waals surface area (Å²) in [5.41, 5.74) is 6.10. The SMILES string of the molecule is C=Cc1cc(-c2cnc(C)c(-c3cc(-c4ccc(CNC)cc4)no3)n2)cn(C(C)C)c1=O.[HH].[HH]. The molecule has 172 valence electrons. The van der Waals surface area contributed by atoms with Crippen LogP contribution in [0.4, 0.5) is 0 Å². The maximum Gasteiger partial charge on any atom is 0.258 e. The van der Waals surface area contributed by atoms with Crippen LogP contribution in [-0.2, 0) is 6.54 Å². The molecule has 4 aromatic rings. The number of aromatic nitrogens is 4. The quantitative estimate of drug-likeness (QED) is 0.411. The molecule has 0 saturated heterocycles. The molecule has 0 amide bonds. The first-order valence-corrected chi connectivity index (χ1v) is 10.8. The van der Waals surface area contributed by atoms with Crippen LogP contribution < -0.4 is 10.9 Å². The molecule has 0 bridgehead atoms. The first kappa shape index (κ1) is 22.4. The summed E-state index contributed by atoms with van der Waals surface area (Å²) in [5, 5.41) is 7.38. The van der Waals surface area contributed by atoms with Gasteiger partial charge in [-0.3, -0.25) is 9.78 Å². The second-order valence-electron chi connectivity index (χ2n) is 8.19. The lowest BCUT2D eigenvalue weighted by Gasteiger charge is -2.13. The Morgan fingerprint density at radius 3 is 2.61 bits per heavy atom. The summed E-state index contributed by atoms with van der Waals surface area (Å²) >= 11 is 0. The molecule has 0 aliphatic carbocycles. The fraction of sp³-hybridized carbons (Fsp3) is 0.231. The van der Waals surface area contributed by atoms with E-state index in [-0.39, 0.29) is 14.5 Å². The fourth-order valence-electron chi connectivity index (χ4n) is 3.64. The maximum atomic E-state index is 12.6. The fourth-order valence-corrected chi connectivity index (χ4v) is 3.64. The normalized spacial score (nSPS) is 11.2. The second-order valence-corrected chi connectivity index (χ2v) is 8.19. The van der Waals surface area contributed by atoms with Gasteiger partial charge in [-0.2, -0.15) is 0 Å². The summed E-state index contributed by atoms with van der Waals surface area (Å²) < 4.78 is 7.32. The Hall–Kier alpha value is -3.84. The minimum Gasteiger partial charge on any atom is -0.354 e. The lowest BCUT2D eigenvalue weighted by Crippen LogP contribution is -2.23. The zero-order chi connectivity index (χ0) is 23.5. The van der Waals surface area contributed by atoms with Crippen molar-refractivity contribution in [3.05, 3.63) is 82.5 Å². The van der Waals surface area contributed by atoms with Crippen LogP contribution in [0.1, 0.15) is 39.6 Å². The van der Waals surface area contributed by atoms with Crippen molar-refractivity contribution in [1.29, 1.82) is 0 Å². The van der Waals surface area contributed by atoms with Crippen LogP contribution >= 0.6 is 0 Å². The van der Waals surface area contributed by atoms with Crippen molar-refractivity contribution >= 4 is 6.08 Å². The van der Waals surface area contributed by atoms with Gasteiger partial charge >= 0.3 is 0 Å². The van der Waals surface area contributed by atoms with Crippen molar-refractivity contribution in [1.82, 2.24) is 25.0 Å². The van der Waals surface area contributed by atoms with Crippen LogP contribution in [0.3, 0.4) is 0 Å². The number of benzene rings is 1. The summed E-state index contributed by atoms with van der Waals surface area (Å²) in [7, 11) is 1.92. The van der Waals surface area contributed by atoms with Gasteiger partial charge in [0.2, 0.25) is 0 Å². The number of rotatable bonds is 7. The second kappa shape index (κ2) is 9.34. The highest BCUT2D eigenvalue weighted by atomic mass is 16.5. The Morgan fingerprint density at radius 2 is 1.94 bits per heavy atom. The Bertz CT molecular complexity index is 1360. The third kappa shape index (κ3) is 4.54. The van der Waals surface area contributed by atoms with E-state index in [4.69, 9.17) is 9.51 Å². The van der Waals surface area contributed by atoms with Crippen molar-refractivity contribution in [3.63, 3.8) is 0 Å². The average molecular weight is 446 g/mol. The summed E-state index contributed by atoms with van der Waals surface area (Å²) in [6, 6.07) is 11.8. The third-order valence-electron chi connectivity index (χ3n) is 5.47. The van der Waals surface area contributed by atoms with Gasteiger partial charge in [0.1, 0.15) is 11.4 Å². The van der Waals surface area contributed by atoms with Crippen LogP contribution in [0, 0.1) is 6.92 Å². The van der Waals surface area contributed by atoms with Gasteiger partial charge in [0, 0.05) is 44.4 Å². The van der Waals surface area contributed by atoms with E-state index in [1.165, 1.54) is 5.56 Å². The molecule has 33 heavy (non-hydrogen) atoms. The monoisotopic (exact) mass is 445 g/mol. The molecule has 0 aliphatic rings. The van der Waals surface area contributed by atoms with Gasteiger partial charge in [-0.15, -0.1) is 0 Å². The number of pyridine rings is 1. The van der Waals surface area contributed by atoms with Crippen LogP contribution in [0.25, 0.3) is 40.0 Å². The number of aryl methyl sites for hydroxylation is 1. The van der Waals surface area contributed by atoms with Gasteiger partial charge in [0.25, 0.3) is 5.56 Å². The van der Waals surface area contributed by atoms with E-state index in [0.717, 1.165) is 29.1 Å². The number of hydrogen-bond donors (Lipinski definition) is 1. The van der Waals surface area contributed by atoms with Crippen LogP contribution in [0.15, 0.2) is 64.7 Å². The molecule has 0 fully saturated rings. The minimum atomic E-state index is -0.0790. The third-order valence-corrected chi connectivity index (χ3v) is 5.47. The predicted octanol–water partition coefficient (Wildman–Crippen LogP) is 5.37. The Kier molecular flexibility index (Phi) is 6.33. The van der Waals surface area contributed by atoms with Crippen LogP contribution in [0.5, 0.6) is 0 Å². The molecular formula is C26H31N5O2. The van der Waals surface area contributed by atoms with E-state index in [1.807, 2.05) is 52.2 Å².